The summed E-state index contributed by atoms with van der Waals surface area (Å²) in [5.74, 6) is 0.663. The molecule has 5 heteroatoms. The van der Waals surface area contributed by atoms with Crippen LogP contribution in [-0.2, 0) is 10.0 Å². The fraction of sp³-hybridized carbons (Fsp3) is 0.167. The molecule has 2 aromatic rings. The Morgan fingerprint density at radius 1 is 1.12 bits per heavy atom. The van der Waals surface area contributed by atoms with Crippen LogP contribution in [0.1, 0.15) is 6.92 Å². The number of rotatable bonds is 3. The Hall–Kier alpha value is -1.59. The monoisotopic (exact) mass is 251 g/mol. The molecule has 0 amide bonds. The Kier molecular flexibility index (Phi) is 3.04. The van der Waals surface area contributed by atoms with Gasteiger partial charge in [-0.25, -0.2) is 13.6 Å². The Morgan fingerprint density at radius 3 is 2.35 bits per heavy atom. The maximum atomic E-state index is 11.5. The van der Waals surface area contributed by atoms with E-state index in [4.69, 9.17) is 9.88 Å². The molecule has 0 aliphatic heterocycles. The molecule has 0 aliphatic rings. The first-order valence-corrected chi connectivity index (χ1v) is 6.76. The molecule has 4 nitrogen and oxygen atoms in total. The highest BCUT2D eigenvalue weighted by Gasteiger charge is 2.14. The molecule has 0 aliphatic carbocycles. The minimum atomic E-state index is -3.72. The summed E-state index contributed by atoms with van der Waals surface area (Å²) in [7, 11) is -3.72. The number of sulfonamides is 1. The molecule has 0 heterocycles. The van der Waals surface area contributed by atoms with Crippen molar-refractivity contribution < 1.29 is 13.2 Å². The molecule has 0 unspecified atom stereocenters. The van der Waals surface area contributed by atoms with Crippen LogP contribution in [0.3, 0.4) is 0 Å². The molecular formula is C12H13NO3S. The topological polar surface area (TPSA) is 69.4 Å². The van der Waals surface area contributed by atoms with Gasteiger partial charge in [-0.1, -0.05) is 24.3 Å². The van der Waals surface area contributed by atoms with Gasteiger partial charge in [-0.2, -0.15) is 0 Å². The van der Waals surface area contributed by atoms with Gasteiger partial charge in [0.25, 0.3) is 0 Å². The minimum absolute atomic E-state index is 0.122. The third-order valence-corrected chi connectivity index (χ3v) is 3.42. The summed E-state index contributed by atoms with van der Waals surface area (Å²) in [6, 6.07) is 10.2. The Morgan fingerprint density at radius 2 is 1.76 bits per heavy atom. The van der Waals surface area contributed by atoms with E-state index < -0.39 is 10.0 Å². The van der Waals surface area contributed by atoms with Crippen LogP contribution in [0, 0.1) is 0 Å². The summed E-state index contributed by atoms with van der Waals surface area (Å²) in [6.45, 7) is 2.40. The molecule has 0 saturated carbocycles. The highest BCUT2D eigenvalue weighted by atomic mass is 32.2. The lowest BCUT2D eigenvalue weighted by Crippen LogP contribution is -2.12. The molecule has 2 aromatic carbocycles. The van der Waals surface area contributed by atoms with Gasteiger partial charge in [0.05, 0.1) is 11.5 Å². The summed E-state index contributed by atoms with van der Waals surface area (Å²) < 4.78 is 28.4. The second-order valence-electron chi connectivity index (χ2n) is 3.59. The average Bonchev–Trinajstić information content (AvgIpc) is 2.28. The van der Waals surface area contributed by atoms with E-state index in [2.05, 4.69) is 0 Å². The number of hydrogen-bond donors (Lipinski definition) is 1. The highest BCUT2D eigenvalue weighted by molar-refractivity contribution is 7.89. The van der Waals surface area contributed by atoms with Crippen LogP contribution in [0.4, 0.5) is 0 Å². The van der Waals surface area contributed by atoms with Gasteiger partial charge in [0, 0.05) is 10.8 Å². The molecular weight excluding hydrogens is 238 g/mol. The van der Waals surface area contributed by atoms with E-state index in [-0.39, 0.29) is 4.90 Å². The van der Waals surface area contributed by atoms with E-state index in [1.807, 2.05) is 19.1 Å². The van der Waals surface area contributed by atoms with Crippen LogP contribution in [0.15, 0.2) is 41.3 Å². The lowest BCUT2D eigenvalue weighted by molar-refractivity contribution is 0.344. The summed E-state index contributed by atoms with van der Waals surface area (Å²) in [4.78, 5) is 0.122. The number of benzene rings is 2. The van der Waals surface area contributed by atoms with Crippen molar-refractivity contribution >= 4 is 20.8 Å². The van der Waals surface area contributed by atoms with E-state index in [1.54, 1.807) is 18.2 Å². The molecule has 90 valence electrons. The Balaban J connectivity index is 2.80. The summed E-state index contributed by atoms with van der Waals surface area (Å²) in [5.41, 5.74) is 0. The normalized spacial score (nSPS) is 11.6. The van der Waals surface area contributed by atoms with Crippen LogP contribution in [0.25, 0.3) is 10.8 Å². The van der Waals surface area contributed by atoms with Crippen molar-refractivity contribution in [3.63, 3.8) is 0 Å². The van der Waals surface area contributed by atoms with Gasteiger partial charge in [0.1, 0.15) is 5.75 Å². The van der Waals surface area contributed by atoms with E-state index >= 15 is 0 Å². The largest absolute Gasteiger partial charge is 0.493 e. The van der Waals surface area contributed by atoms with Crippen molar-refractivity contribution in [3.05, 3.63) is 36.4 Å². The molecule has 0 saturated heterocycles. The number of hydrogen-bond acceptors (Lipinski definition) is 3. The van der Waals surface area contributed by atoms with E-state index in [0.717, 1.165) is 5.39 Å². The van der Waals surface area contributed by atoms with Crippen molar-refractivity contribution in [3.8, 4) is 5.75 Å². The van der Waals surface area contributed by atoms with Crippen molar-refractivity contribution in [1.82, 2.24) is 0 Å². The molecule has 0 atom stereocenters. The SMILES string of the molecule is CCOc1ccc(S(N)(=O)=O)c2ccccc12. The molecule has 0 aromatic heterocycles. The van der Waals surface area contributed by atoms with Gasteiger partial charge in [0.2, 0.25) is 10.0 Å². The summed E-state index contributed by atoms with van der Waals surface area (Å²) in [5, 5.41) is 6.51. The lowest BCUT2D eigenvalue weighted by atomic mass is 10.1. The average molecular weight is 251 g/mol. The minimum Gasteiger partial charge on any atom is -0.493 e. The maximum absolute atomic E-state index is 11.5. The number of fused-ring (bicyclic) bond motifs is 1. The van der Waals surface area contributed by atoms with E-state index in [1.165, 1.54) is 6.07 Å². The number of nitrogens with two attached hydrogens (primary N) is 1. The zero-order chi connectivity index (χ0) is 12.5. The lowest BCUT2D eigenvalue weighted by Gasteiger charge is -2.10. The fourth-order valence-electron chi connectivity index (χ4n) is 1.77. The summed E-state index contributed by atoms with van der Waals surface area (Å²) >= 11 is 0. The van der Waals surface area contributed by atoms with Crippen molar-refractivity contribution in [2.75, 3.05) is 6.61 Å². The molecule has 2 rings (SSSR count). The van der Waals surface area contributed by atoms with Crippen molar-refractivity contribution in [2.45, 2.75) is 11.8 Å². The second-order valence-corrected chi connectivity index (χ2v) is 5.12. The molecule has 0 bridgehead atoms. The van der Waals surface area contributed by atoms with Crippen LogP contribution in [0.5, 0.6) is 5.75 Å². The van der Waals surface area contributed by atoms with Crippen molar-refractivity contribution in [2.24, 2.45) is 5.14 Å². The Labute approximate surface area is 100 Å². The molecule has 0 fully saturated rings. The standard InChI is InChI=1S/C12H13NO3S/c1-2-16-11-7-8-12(17(13,14)15)10-6-4-3-5-9(10)11/h3-8H,2H2,1H3,(H2,13,14,15). The first-order valence-electron chi connectivity index (χ1n) is 5.21. The van der Waals surface area contributed by atoms with Crippen LogP contribution in [-0.4, -0.2) is 15.0 Å². The zero-order valence-electron chi connectivity index (χ0n) is 9.38. The van der Waals surface area contributed by atoms with E-state index in [9.17, 15) is 8.42 Å². The predicted molar refractivity (Wildman–Crippen MR) is 66.5 cm³/mol. The third-order valence-electron chi connectivity index (χ3n) is 2.45. The fourth-order valence-corrected chi connectivity index (χ4v) is 2.52. The van der Waals surface area contributed by atoms with Crippen LogP contribution < -0.4 is 9.88 Å². The molecule has 2 N–H and O–H groups in total. The number of ether oxygens (including phenoxy) is 1. The first-order chi connectivity index (χ1) is 8.04. The maximum Gasteiger partial charge on any atom is 0.238 e. The van der Waals surface area contributed by atoms with Gasteiger partial charge in [-0.3, -0.25) is 0 Å². The first kappa shape index (κ1) is 11.9. The predicted octanol–water partition coefficient (Wildman–Crippen LogP) is 1.89. The van der Waals surface area contributed by atoms with Crippen molar-refractivity contribution in [1.29, 1.82) is 0 Å². The third kappa shape index (κ3) is 2.25. The quantitative estimate of drug-likeness (QED) is 0.905. The van der Waals surface area contributed by atoms with Gasteiger partial charge >= 0.3 is 0 Å². The van der Waals surface area contributed by atoms with Gasteiger partial charge < -0.3 is 4.74 Å². The Bertz CT molecular complexity index is 650. The molecule has 0 spiro atoms. The second kappa shape index (κ2) is 4.35. The molecule has 0 radical (unpaired) electrons. The van der Waals surface area contributed by atoms with Gasteiger partial charge in [-0.15, -0.1) is 0 Å². The zero-order valence-corrected chi connectivity index (χ0v) is 10.2. The summed E-state index contributed by atoms with van der Waals surface area (Å²) in [6.07, 6.45) is 0. The van der Waals surface area contributed by atoms with Gasteiger partial charge in [-0.05, 0) is 19.1 Å². The smallest absolute Gasteiger partial charge is 0.238 e. The van der Waals surface area contributed by atoms with Gasteiger partial charge in [0.15, 0.2) is 0 Å². The number of primary sulfonamides is 1. The van der Waals surface area contributed by atoms with Crippen LogP contribution >= 0.6 is 0 Å². The highest BCUT2D eigenvalue weighted by Crippen LogP contribution is 2.30. The van der Waals surface area contributed by atoms with E-state index in [0.29, 0.717) is 17.7 Å². The molecule has 17 heavy (non-hydrogen) atoms. The van der Waals surface area contributed by atoms with Crippen LogP contribution in [0.2, 0.25) is 0 Å².